The predicted octanol–water partition coefficient (Wildman–Crippen LogP) is 3.72. The molecule has 1 aliphatic heterocycles. The Bertz CT molecular complexity index is 2040. The number of nitrogens with one attached hydrogen (secondary N) is 2. The fourth-order valence-corrected chi connectivity index (χ4v) is 6.74. The molecule has 0 aliphatic carbocycles. The number of fused-ring (bicyclic) bond motifs is 10. The third-order valence-corrected chi connectivity index (χ3v) is 8.62. The van der Waals surface area contributed by atoms with Crippen LogP contribution in [0.15, 0.2) is 42.5 Å². The van der Waals surface area contributed by atoms with Gasteiger partial charge in [-0.25, -0.2) is 10.4 Å². The molecule has 6 aromatic rings. The summed E-state index contributed by atoms with van der Waals surface area (Å²) >= 11 is 1.29. The van der Waals surface area contributed by atoms with Gasteiger partial charge in [-0.05, 0) is 35.9 Å². The van der Waals surface area contributed by atoms with E-state index < -0.39 is 11.8 Å². The highest BCUT2D eigenvalue weighted by atomic mass is 32.1. The number of benzene rings is 3. The minimum Gasteiger partial charge on any atom is -0.508 e. The van der Waals surface area contributed by atoms with E-state index in [1.165, 1.54) is 17.4 Å². The lowest BCUT2D eigenvalue weighted by Crippen LogP contribution is -2.41. The molecule has 4 heterocycles. The normalized spacial score (nSPS) is 13.7. The second-order valence-electron chi connectivity index (χ2n) is 9.60. The maximum Gasteiger partial charge on any atom is 0.276 e. The van der Waals surface area contributed by atoms with Crippen LogP contribution in [0.4, 0.5) is 0 Å². The summed E-state index contributed by atoms with van der Waals surface area (Å²) in [5.41, 5.74) is 6.70. The number of phenolic OH excluding ortho intramolecular Hbond substituents is 2. The lowest BCUT2D eigenvalue weighted by atomic mass is 9.96. The van der Waals surface area contributed by atoms with E-state index >= 15 is 0 Å². The van der Waals surface area contributed by atoms with Gasteiger partial charge in [0.2, 0.25) is 0 Å². The van der Waals surface area contributed by atoms with Crippen molar-refractivity contribution < 1.29 is 30.0 Å². The van der Waals surface area contributed by atoms with Gasteiger partial charge >= 0.3 is 0 Å². The third-order valence-electron chi connectivity index (χ3n) is 7.46. The Labute approximate surface area is 223 Å². The van der Waals surface area contributed by atoms with Crippen molar-refractivity contribution >= 4 is 66.8 Å². The Morgan fingerprint density at radius 1 is 0.897 bits per heavy atom. The highest BCUT2D eigenvalue weighted by Gasteiger charge is 2.41. The van der Waals surface area contributed by atoms with Crippen molar-refractivity contribution in [2.45, 2.75) is 19.8 Å². The van der Waals surface area contributed by atoms with Crippen LogP contribution in [0, 0.1) is 0 Å². The molecule has 0 spiro atoms. The molecule has 7 rings (SSSR count). The van der Waals surface area contributed by atoms with Crippen molar-refractivity contribution in [1.29, 1.82) is 0 Å². The smallest absolute Gasteiger partial charge is 0.276 e. The number of hydrazine groups is 1. The van der Waals surface area contributed by atoms with E-state index in [4.69, 9.17) is 0 Å². The van der Waals surface area contributed by atoms with E-state index in [0.717, 1.165) is 5.01 Å². The number of carbonyl (C=O) groups is 2. The molecule has 10 nitrogen and oxygen atoms in total. The van der Waals surface area contributed by atoms with Crippen LogP contribution in [0.3, 0.4) is 0 Å². The summed E-state index contributed by atoms with van der Waals surface area (Å²) in [4.78, 5) is 32.7. The summed E-state index contributed by atoms with van der Waals surface area (Å²) in [6, 6.07) is 11.4. The van der Waals surface area contributed by atoms with Gasteiger partial charge in [0.1, 0.15) is 11.5 Å². The fourth-order valence-electron chi connectivity index (χ4n) is 5.77. The zero-order valence-corrected chi connectivity index (χ0v) is 21.4. The number of amides is 2. The van der Waals surface area contributed by atoms with Crippen LogP contribution in [0.2, 0.25) is 0 Å². The maximum absolute atomic E-state index is 14.0. The van der Waals surface area contributed by atoms with Crippen molar-refractivity contribution in [3.8, 4) is 11.5 Å². The van der Waals surface area contributed by atoms with E-state index in [2.05, 4.69) is 10.4 Å². The first kappa shape index (κ1) is 23.7. The number of aromatic hydroxyl groups is 2. The number of nitrogens with zero attached hydrogens (tertiary/aromatic N) is 2. The van der Waals surface area contributed by atoms with Gasteiger partial charge in [-0.1, -0.05) is 0 Å². The Hall–Kier alpha value is -4.42. The Morgan fingerprint density at radius 3 is 2.31 bits per heavy atom. The van der Waals surface area contributed by atoms with Gasteiger partial charge in [0.25, 0.3) is 11.8 Å². The van der Waals surface area contributed by atoms with Crippen LogP contribution < -0.4 is 5.43 Å². The van der Waals surface area contributed by atoms with Gasteiger partial charge in [-0.2, -0.15) is 0 Å². The van der Waals surface area contributed by atoms with E-state index in [1.807, 2.05) is 11.6 Å². The highest BCUT2D eigenvalue weighted by Crippen LogP contribution is 2.45. The Balaban J connectivity index is 1.49. The van der Waals surface area contributed by atoms with E-state index in [9.17, 15) is 30.0 Å². The number of hydrogen-bond donors (Lipinski definition) is 6. The maximum atomic E-state index is 14.0. The molecule has 11 heteroatoms. The topological polar surface area (TPSA) is 151 Å². The summed E-state index contributed by atoms with van der Waals surface area (Å²) < 4.78 is 1.88. The lowest BCUT2D eigenvalue weighted by Gasteiger charge is -2.15. The van der Waals surface area contributed by atoms with Gasteiger partial charge < -0.3 is 30.0 Å². The van der Waals surface area contributed by atoms with Crippen molar-refractivity contribution in [2.24, 2.45) is 7.05 Å². The second kappa shape index (κ2) is 8.29. The molecule has 3 aromatic carbocycles. The van der Waals surface area contributed by atoms with Gasteiger partial charge in [-0.3, -0.25) is 9.59 Å². The number of imide groups is 1. The summed E-state index contributed by atoms with van der Waals surface area (Å²) in [5.74, 6) is -0.893. The second-order valence-corrected chi connectivity index (χ2v) is 10.8. The lowest BCUT2D eigenvalue weighted by molar-refractivity contribution is 0.0564. The van der Waals surface area contributed by atoms with E-state index in [0.29, 0.717) is 58.9 Å². The minimum atomic E-state index is -0.517. The summed E-state index contributed by atoms with van der Waals surface area (Å²) in [6.45, 7) is -0.307. The number of aryl methyl sites for hydroxylation is 1. The monoisotopic (exact) mass is 542 g/mol. The molecule has 0 unspecified atom stereocenters. The molecule has 3 aromatic heterocycles. The number of hydrogen-bond acceptors (Lipinski definition) is 8. The van der Waals surface area contributed by atoms with E-state index in [-0.39, 0.29) is 42.4 Å². The van der Waals surface area contributed by atoms with Crippen LogP contribution in [-0.4, -0.2) is 46.8 Å². The van der Waals surface area contributed by atoms with Crippen molar-refractivity contribution in [1.82, 2.24) is 20.0 Å². The predicted molar refractivity (Wildman–Crippen MR) is 147 cm³/mol. The summed E-state index contributed by atoms with van der Waals surface area (Å²) in [5, 5.41) is 43.1. The first-order valence-corrected chi connectivity index (χ1v) is 13.0. The van der Waals surface area contributed by atoms with Gasteiger partial charge in [0.15, 0.2) is 0 Å². The number of aromatic nitrogens is 2. The third kappa shape index (κ3) is 3.18. The number of phenols is 2. The molecule has 0 saturated heterocycles. The fraction of sp³-hybridized carbons (Fsp3) is 0.143. The number of thiophene rings is 1. The van der Waals surface area contributed by atoms with Crippen LogP contribution >= 0.6 is 11.3 Å². The summed E-state index contributed by atoms with van der Waals surface area (Å²) in [7, 11) is 1.84. The van der Waals surface area contributed by atoms with Gasteiger partial charge in [0.05, 0.1) is 53.0 Å². The molecule has 196 valence electrons. The molecule has 0 fully saturated rings. The molecule has 1 aliphatic rings. The Morgan fingerprint density at radius 2 is 1.59 bits per heavy atom. The van der Waals surface area contributed by atoms with Gasteiger partial charge in [-0.15, -0.1) is 11.3 Å². The largest absolute Gasteiger partial charge is 0.508 e. The average molecular weight is 543 g/mol. The first-order chi connectivity index (χ1) is 18.8. The SMILES string of the molecule is Cn1c2cc(O)ccc2c2c3c(c4c5ccc(O)cc5[nH]c4c21)C(=O)N(NCc1sc(CO)cc1CO)C3=O. The average Bonchev–Trinajstić information content (AvgIpc) is 3.64. The zero-order valence-electron chi connectivity index (χ0n) is 20.6. The van der Waals surface area contributed by atoms with E-state index in [1.54, 1.807) is 36.4 Å². The number of aliphatic hydroxyl groups excluding tert-OH is 2. The molecule has 0 radical (unpaired) electrons. The standard InChI is InChI=1S/C28H22N4O6S/c1-31-19-8-14(36)3-5-17(19)22-24-23(21-16-4-2-13(35)7-18(16)30-25(21)26(22)31)27(37)32(28(24)38)29-9-20-12(10-33)6-15(11-34)39-20/h2-8,29-30,33-36H,9-11H2,1H3. The Kier molecular flexibility index (Phi) is 5.03. The quantitative estimate of drug-likeness (QED) is 0.182. The summed E-state index contributed by atoms with van der Waals surface area (Å²) in [6.07, 6.45) is 0. The molecular formula is C28H22N4O6S. The number of carbonyl (C=O) groups excluding carboxylic acids is 2. The molecular weight excluding hydrogens is 520 g/mol. The highest BCUT2D eigenvalue weighted by molar-refractivity contribution is 7.12. The van der Waals surface area contributed by atoms with Crippen molar-refractivity contribution in [2.75, 3.05) is 0 Å². The number of rotatable bonds is 5. The molecule has 0 saturated carbocycles. The van der Waals surface area contributed by atoms with Crippen molar-refractivity contribution in [3.63, 3.8) is 0 Å². The zero-order chi connectivity index (χ0) is 27.2. The molecule has 2 amide bonds. The first-order valence-electron chi connectivity index (χ1n) is 12.2. The van der Waals surface area contributed by atoms with Crippen LogP contribution in [-0.2, 0) is 26.8 Å². The molecule has 0 atom stereocenters. The number of aliphatic hydroxyl groups is 2. The number of aromatic amines is 1. The molecule has 6 N–H and O–H groups in total. The number of H-pyrrole nitrogens is 1. The van der Waals surface area contributed by atoms with Gasteiger partial charge in [0, 0.05) is 50.5 Å². The van der Waals surface area contributed by atoms with Crippen LogP contribution in [0.1, 0.15) is 36.0 Å². The minimum absolute atomic E-state index is 0.0625. The van der Waals surface area contributed by atoms with Crippen LogP contribution in [0.25, 0.3) is 43.6 Å². The van der Waals surface area contributed by atoms with Crippen LogP contribution in [0.5, 0.6) is 11.5 Å². The molecule has 39 heavy (non-hydrogen) atoms. The van der Waals surface area contributed by atoms with Crippen molar-refractivity contribution in [3.05, 3.63) is 68.9 Å². The molecule has 0 bridgehead atoms.